The number of hydrogen-bond acceptors (Lipinski definition) is 4. The first-order valence-electron chi connectivity index (χ1n) is 8.03. The Labute approximate surface area is 154 Å². The standard InChI is InChI=1S/C19H17BrN2O3/c20-15-4-1-3-13(9-15)18-7-6-16(25-18)10-14(11-21)19(23)22-12-17-5-2-8-24-17/h1,3-4,6-7,9-10,17H,2,5,8,12H2,(H,22,23)/b14-10+/t17-/m1/s1. The second-order valence-corrected chi connectivity index (χ2v) is 6.64. The van der Waals surface area contributed by atoms with Gasteiger partial charge in [-0.15, -0.1) is 0 Å². The zero-order valence-electron chi connectivity index (χ0n) is 13.5. The molecule has 1 aromatic heterocycles. The number of rotatable bonds is 5. The quantitative estimate of drug-likeness (QED) is 0.609. The second-order valence-electron chi connectivity index (χ2n) is 5.73. The van der Waals surface area contributed by atoms with Crippen molar-refractivity contribution >= 4 is 27.9 Å². The molecule has 128 valence electrons. The molecule has 1 amide bonds. The van der Waals surface area contributed by atoms with Gasteiger partial charge in [0.25, 0.3) is 5.91 Å². The molecule has 0 unspecified atom stereocenters. The van der Waals surface area contributed by atoms with Crippen molar-refractivity contribution in [3.8, 4) is 17.4 Å². The van der Waals surface area contributed by atoms with Crippen LogP contribution in [-0.4, -0.2) is 25.2 Å². The Bertz CT molecular complexity index is 829. The summed E-state index contributed by atoms with van der Waals surface area (Å²) in [5, 5.41) is 12.0. The Kier molecular flexibility index (Phi) is 5.69. The molecule has 0 bridgehead atoms. The molecule has 0 aliphatic carbocycles. The second kappa shape index (κ2) is 8.15. The normalized spacial score (nSPS) is 17.3. The van der Waals surface area contributed by atoms with Gasteiger partial charge in [-0.25, -0.2) is 0 Å². The van der Waals surface area contributed by atoms with Crippen molar-refractivity contribution in [2.24, 2.45) is 0 Å². The van der Waals surface area contributed by atoms with E-state index in [2.05, 4.69) is 21.2 Å². The van der Waals surface area contributed by atoms with Crippen LogP contribution >= 0.6 is 15.9 Å². The van der Waals surface area contributed by atoms with Crippen LogP contribution in [0.25, 0.3) is 17.4 Å². The molecule has 1 aromatic carbocycles. The van der Waals surface area contributed by atoms with Crippen LogP contribution in [0.5, 0.6) is 0 Å². The maximum absolute atomic E-state index is 12.2. The van der Waals surface area contributed by atoms with Crippen LogP contribution in [0.2, 0.25) is 0 Å². The Balaban J connectivity index is 1.69. The SMILES string of the molecule is N#C/C(=C\c1ccc(-c2cccc(Br)c2)o1)C(=O)NC[C@H]1CCCO1. The number of carbonyl (C=O) groups excluding carboxylic acids is 1. The minimum Gasteiger partial charge on any atom is -0.457 e. The molecule has 0 saturated carbocycles. The van der Waals surface area contributed by atoms with Gasteiger partial charge in [0.1, 0.15) is 23.2 Å². The predicted octanol–water partition coefficient (Wildman–Crippen LogP) is 3.91. The maximum atomic E-state index is 12.2. The lowest BCUT2D eigenvalue weighted by molar-refractivity contribution is -0.117. The van der Waals surface area contributed by atoms with E-state index in [9.17, 15) is 10.1 Å². The lowest BCUT2D eigenvalue weighted by Crippen LogP contribution is -2.32. The van der Waals surface area contributed by atoms with Gasteiger partial charge in [0.05, 0.1) is 6.10 Å². The van der Waals surface area contributed by atoms with Gasteiger partial charge in [0.15, 0.2) is 0 Å². The van der Waals surface area contributed by atoms with E-state index in [1.807, 2.05) is 36.4 Å². The lowest BCUT2D eigenvalue weighted by atomic mass is 10.2. The van der Waals surface area contributed by atoms with E-state index in [-0.39, 0.29) is 11.7 Å². The third-order valence-electron chi connectivity index (χ3n) is 3.90. The highest BCUT2D eigenvalue weighted by atomic mass is 79.9. The van der Waals surface area contributed by atoms with Crippen LogP contribution in [0, 0.1) is 11.3 Å². The molecule has 0 spiro atoms. The molecule has 1 aliphatic heterocycles. The lowest BCUT2D eigenvalue weighted by Gasteiger charge is -2.09. The molecule has 1 aliphatic rings. The summed E-state index contributed by atoms with van der Waals surface area (Å²) in [5.74, 6) is 0.710. The first kappa shape index (κ1) is 17.5. The fourth-order valence-electron chi connectivity index (χ4n) is 2.63. The van der Waals surface area contributed by atoms with Gasteiger partial charge in [-0.05, 0) is 37.1 Å². The van der Waals surface area contributed by atoms with Gasteiger partial charge in [-0.1, -0.05) is 28.1 Å². The van der Waals surface area contributed by atoms with E-state index in [0.29, 0.717) is 18.1 Å². The molecular formula is C19H17BrN2O3. The molecule has 2 heterocycles. The number of nitrogens with zero attached hydrogens (tertiary/aromatic N) is 1. The summed E-state index contributed by atoms with van der Waals surface area (Å²) < 4.78 is 12.1. The molecule has 0 radical (unpaired) electrons. The minimum atomic E-state index is -0.418. The molecule has 1 fully saturated rings. The molecule has 1 N–H and O–H groups in total. The van der Waals surface area contributed by atoms with Crippen molar-refractivity contribution in [3.05, 3.63) is 52.2 Å². The highest BCUT2D eigenvalue weighted by Crippen LogP contribution is 2.25. The molecule has 5 nitrogen and oxygen atoms in total. The van der Waals surface area contributed by atoms with Crippen LogP contribution in [0.3, 0.4) is 0 Å². The molecular weight excluding hydrogens is 384 g/mol. The fourth-order valence-corrected chi connectivity index (χ4v) is 3.02. The zero-order valence-corrected chi connectivity index (χ0v) is 15.1. The number of nitrogens with one attached hydrogen (secondary N) is 1. The van der Waals surface area contributed by atoms with E-state index in [1.54, 1.807) is 6.07 Å². The van der Waals surface area contributed by atoms with Crippen molar-refractivity contribution in [2.45, 2.75) is 18.9 Å². The first-order valence-corrected chi connectivity index (χ1v) is 8.82. The zero-order chi connectivity index (χ0) is 17.6. The van der Waals surface area contributed by atoms with Crippen molar-refractivity contribution in [2.75, 3.05) is 13.2 Å². The summed E-state index contributed by atoms with van der Waals surface area (Å²) in [6, 6.07) is 13.2. The predicted molar refractivity (Wildman–Crippen MR) is 97.4 cm³/mol. The molecule has 1 atom stereocenters. The van der Waals surface area contributed by atoms with Crippen LogP contribution in [0.1, 0.15) is 18.6 Å². The number of amides is 1. The Hall–Kier alpha value is -2.36. The molecule has 6 heteroatoms. The van der Waals surface area contributed by atoms with Crippen LogP contribution < -0.4 is 5.32 Å². The third kappa shape index (κ3) is 4.59. The smallest absolute Gasteiger partial charge is 0.262 e. The topological polar surface area (TPSA) is 75.3 Å². The molecule has 25 heavy (non-hydrogen) atoms. The van der Waals surface area contributed by atoms with Crippen LogP contribution in [0.4, 0.5) is 0 Å². The fraction of sp³-hybridized carbons (Fsp3) is 0.263. The summed E-state index contributed by atoms with van der Waals surface area (Å²) >= 11 is 3.42. The van der Waals surface area contributed by atoms with Crippen molar-refractivity contribution in [1.29, 1.82) is 5.26 Å². The number of hydrogen-bond donors (Lipinski definition) is 1. The largest absolute Gasteiger partial charge is 0.457 e. The Morgan fingerprint density at radius 3 is 3.00 bits per heavy atom. The number of carbonyl (C=O) groups is 1. The molecule has 1 saturated heterocycles. The molecule has 2 aromatic rings. The van der Waals surface area contributed by atoms with E-state index >= 15 is 0 Å². The Morgan fingerprint density at radius 2 is 2.28 bits per heavy atom. The number of furan rings is 1. The minimum absolute atomic E-state index is 0.00754. The van der Waals surface area contributed by atoms with Crippen LogP contribution in [-0.2, 0) is 9.53 Å². The van der Waals surface area contributed by atoms with Gasteiger partial charge < -0.3 is 14.5 Å². The average molecular weight is 401 g/mol. The number of ether oxygens (including phenoxy) is 1. The first-order chi connectivity index (χ1) is 12.2. The molecule has 3 rings (SSSR count). The summed E-state index contributed by atoms with van der Waals surface area (Å²) in [7, 11) is 0. The number of halogens is 1. The van der Waals surface area contributed by atoms with E-state index in [4.69, 9.17) is 9.15 Å². The summed E-state index contributed by atoms with van der Waals surface area (Å²) in [5.41, 5.74) is 0.920. The monoisotopic (exact) mass is 400 g/mol. The third-order valence-corrected chi connectivity index (χ3v) is 4.40. The van der Waals surface area contributed by atoms with E-state index in [0.717, 1.165) is 29.5 Å². The van der Waals surface area contributed by atoms with Crippen molar-refractivity contribution in [3.63, 3.8) is 0 Å². The summed E-state index contributed by atoms with van der Waals surface area (Å²) in [6.07, 6.45) is 3.43. The average Bonchev–Trinajstić information content (AvgIpc) is 3.29. The highest BCUT2D eigenvalue weighted by Gasteiger charge is 2.18. The van der Waals surface area contributed by atoms with Gasteiger partial charge in [0, 0.05) is 29.3 Å². The number of benzene rings is 1. The van der Waals surface area contributed by atoms with Crippen molar-refractivity contribution in [1.82, 2.24) is 5.32 Å². The Morgan fingerprint density at radius 1 is 1.40 bits per heavy atom. The van der Waals surface area contributed by atoms with E-state index < -0.39 is 5.91 Å². The summed E-state index contributed by atoms with van der Waals surface area (Å²) in [6.45, 7) is 1.14. The highest BCUT2D eigenvalue weighted by molar-refractivity contribution is 9.10. The van der Waals surface area contributed by atoms with Crippen molar-refractivity contribution < 1.29 is 13.9 Å². The number of nitriles is 1. The summed E-state index contributed by atoms with van der Waals surface area (Å²) in [4.78, 5) is 12.2. The van der Waals surface area contributed by atoms with Gasteiger partial charge >= 0.3 is 0 Å². The van der Waals surface area contributed by atoms with Gasteiger partial charge in [-0.3, -0.25) is 4.79 Å². The maximum Gasteiger partial charge on any atom is 0.262 e. The van der Waals surface area contributed by atoms with Gasteiger partial charge in [-0.2, -0.15) is 5.26 Å². The van der Waals surface area contributed by atoms with E-state index in [1.165, 1.54) is 6.08 Å². The van der Waals surface area contributed by atoms with Crippen LogP contribution in [0.15, 0.2) is 50.9 Å². The van der Waals surface area contributed by atoms with Gasteiger partial charge in [0.2, 0.25) is 0 Å².